The molecule has 138 valence electrons. The highest BCUT2D eigenvalue weighted by molar-refractivity contribution is 5.92. The van der Waals surface area contributed by atoms with Gasteiger partial charge in [-0.05, 0) is 31.2 Å². The lowest BCUT2D eigenvalue weighted by Gasteiger charge is -2.29. The van der Waals surface area contributed by atoms with Gasteiger partial charge in [0.15, 0.2) is 5.78 Å². The van der Waals surface area contributed by atoms with E-state index in [0.717, 1.165) is 18.4 Å². The first-order valence-electron chi connectivity index (χ1n) is 9.20. The van der Waals surface area contributed by atoms with Gasteiger partial charge in [-0.25, -0.2) is 4.79 Å². The van der Waals surface area contributed by atoms with Crippen molar-refractivity contribution in [3.63, 3.8) is 0 Å². The van der Waals surface area contributed by atoms with Crippen LogP contribution in [0.25, 0.3) is 0 Å². The van der Waals surface area contributed by atoms with E-state index in [9.17, 15) is 14.4 Å². The zero-order valence-electron chi connectivity index (χ0n) is 14.6. The fraction of sp³-hybridized carbons (Fsp3) is 0.526. The smallest absolute Gasteiger partial charge is 0.345 e. The molecule has 2 heterocycles. The lowest BCUT2D eigenvalue weighted by Crippen LogP contribution is -2.50. The van der Waals surface area contributed by atoms with E-state index in [2.05, 4.69) is 5.32 Å². The molecule has 1 aromatic rings. The van der Waals surface area contributed by atoms with Gasteiger partial charge >= 0.3 is 6.03 Å². The molecule has 3 fully saturated rings. The Hall–Kier alpha value is -2.41. The number of hydrogen-bond donors (Lipinski definition) is 1. The summed E-state index contributed by atoms with van der Waals surface area (Å²) in [6, 6.07) is 8.86. The molecule has 4 rings (SSSR count). The summed E-state index contributed by atoms with van der Waals surface area (Å²) in [4.78, 5) is 44.2. The highest BCUT2D eigenvalue weighted by atomic mass is 16.7. The van der Waals surface area contributed by atoms with Crippen molar-refractivity contribution in [3.05, 3.63) is 35.9 Å². The summed E-state index contributed by atoms with van der Waals surface area (Å²) < 4.78 is 0. The number of hydroxylamine groups is 2. The number of amides is 3. The molecule has 2 atom stereocenters. The Bertz CT molecular complexity index is 704. The molecule has 2 saturated heterocycles. The topological polar surface area (TPSA) is 79.0 Å². The van der Waals surface area contributed by atoms with Gasteiger partial charge in [0.1, 0.15) is 12.6 Å². The quantitative estimate of drug-likeness (QED) is 0.802. The van der Waals surface area contributed by atoms with Crippen molar-refractivity contribution in [1.29, 1.82) is 0 Å². The minimum absolute atomic E-state index is 0.0247. The summed E-state index contributed by atoms with van der Waals surface area (Å²) >= 11 is 0. The van der Waals surface area contributed by atoms with Crippen LogP contribution in [-0.4, -0.2) is 52.9 Å². The number of Topliss-reactive ketones (excluding diaryl/α,β-unsaturated/α-hetero) is 1. The number of carbonyl (C=O) groups is 3. The van der Waals surface area contributed by atoms with Gasteiger partial charge < -0.3 is 10.2 Å². The van der Waals surface area contributed by atoms with Gasteiger partial charge in [0, 0.05) is 12.5 Å². The first kappa shape index (κ1) is 17.0. The number of piperidine rings is 1. The molecular weight excluding hydrogens is 334 g/mol. The van der Waals surface area contributed by atoms with Crippen molar-refractivity contribution in [3.8, 4) is 0 Å². The minimum atomic E-state index is -0.518. The monoisotopic (exact) mass is 357 g/mol. The molecule has 7 nitrogen and oxygen atoms in total. The maximum absolute atomic E-state index is 12.7. The number of hydrogen-bond acceptors (Lipinski definition) is 4. The van der Waals surface area contributed by atoms with Crippen LogP contribution in [0.15, 0.2) is 30.3 Å². The van der Waals surface area contributed by atoms with Crippen LogP contribution >= 0.6 is 0 Å². The Labute approximate surface area is 152 Å². The summed E-state index contributed by atoms with van der Waals surface area (Å²) in [7, 11) is 0. The first-order chi connectivity index (χ1) is 12.6. The van der Waals surface area contributed by atoms with Crippen LogP contribution in [0.1, 0.15) is 31.2 Å². The van der Waals surface area contributed by atoms with E-state index < -0.39 is 6.04 Å². The number of fused-ring (bicyclic) bond motifs is 2. The van der Waals surface area contributed by atoms with Gasteiger partial charge in [-0.15, -0.1) is 0 Å². The summed E-state index contributed by atoms with van der Waals surface area (Å²) in [6.07, 6.45) is 3.16. The minimum Gasteiger partial charge on any atom is -0.347 e. The molecule has 0 unspecified atom stereocenters. The van der Waals surface area contributed by atoms with Crippen LogP contribution in [0.4, 0.5) is 4.79 Å². The molecule has 1 aromatic carbocycles. The molecule has 3 amide bonds. The fourth-order valence-electron chi connectivity index (χ4n) is 3.63. The van der Waals surface area contributed by atoms with E-state index in [-0.39, 0.29) is 36.2 Å². The van der Waals surface area contributed by atoms with Gasteiger partial charge in [0.2, 0.25) is 5.91 Å². The molecule has 0 spiro atoms. The standard InChI is InChI=1S/C19H23N3O4/c23-17(14-6-7-14)10-20-18(24)16-9-8-15-11-21(16)19(25)22(15)26-12-13-4-2-1-3-5-13/h1-5,14-16H,6-12H2,(H,20,24)/t15-,16+/m1/s1. The molecule has 7 heteroatoms. The molecule has 0 radical (unpaired) electrons. The van der Waals surface area contributed by atoms with E-state index in [1.807, 2.05) is 30.3 Å². The number of carbonyl (C=O) groups excluding carboxylic acids is 3. The van der Waals surface area contributed by atoms with Crippen LogP contribution in [0.2, 0.25) is 0 Å². The first-order valence-corrected chi connectivity index (χ1v) is 9.20. The van der Waals surface area contributed by atoms with Crippen LogP contribution in [0.5, 0.6) is 0 Å². The molecular formula is C19H23N3O4. The second-order valence-corrected chi connectivity index (χ2v) is 7.23. The summed E-state index contributed by atoms with van der Waals surface area (Å²) in [6.45, 7) is 0.881. The Morgan fingerprint density at radius 1 is 1.12 bits per heavy atom. The molecule has 1 aliphatic carbocycles. The van der Waals surface area contributed by atoms with Gasteiger partial charge in [0.05, 0.1) is 12.6 Å². The van der Waals surface area contributed by atoms with Crippen LogP contribution < -0.4 is 5.32 Å². The number of rotatable bonds is 7. The highest BCUT2D eigenvalue weighted by Crippen LogP contribution is 2.31. The zero-order valence-corrected chi connectivity index (χ0v) is 14.6. The number of nitrogens with zero attached hydrogens (tertiary/aromatic N) is 2. The van der Waals surface area contributed by atoms with Gasteiger partial charge in [-0.1, -0.05) is 30.3 Å². The van der Waals surface area contributed by atoms with E-state index in [4.69, 9.17) is 4.84 Å². The van der Waals surface area contributed by atoms with Gasteiger partial charge in [0.25, 0.3) is 0 Å². The van der Waals surface area contributed by atoms with Crippen LogP contribution in [0, 0.1) is 5.92 Å². The van der Waals surface area contributed by atoms with Crippen molar-refractivity contribution in [2.75, 3.05) is 13.1 Å². The second-order valence-electron chi connectivity index (χ2n) is 7.23. The Morgan fingerprint density at radius 2 is 1.88 bits per heavy atom. The second kappa shape index (κ2) is 7.07. The molecule has 0 aromatic heterocycles. The molecule has 1 saturated carbocycles. The SMILES string of the molecule is O=C(CNC(=O)[C@@H]1CC[C@@H]2CN1C(=O)N2OCc1ccccc1)C1CC1. The summed E-state index contributed by atoms with van der Waals surface area (Å²) in [5.74, 6) is -0.0235. The van der Waals surface area contributed by atoms with Crippen molar-refractivity contribution >= 4 is 17.7 Å². The van der Waals surface area contributed by atoms with Crippen molar-refractivity contribution < 1.29 is 19.2 Å². The molecule has 3 aliphatic rings. The van der Waals surface area contributed by atoms with E-state index in [1.54, 1.807) is 4.90 Å². The number of benzene rings is 1. The lowest BCUT2D eigenvalue weighted by molar-refractivity contribution is -0.140. The number of ketones is 1. The van der Waals surface area contributed by atoms with E-state index in [0.29, 0.717) is 26.0 Å². The normalized spacial score (nSPS) is 24.7. The average Bonchev–Trinajstić information content (AvgIpc) is 3.48. The summed E-state index contributed by atoms with van der Waals surface area (Å²) in [5.41, 5.74) is 0.990. The van der Waals surface area contributed by atoms with E-state index in [1.165, 1.54) is 5.06 Å². The maximum atomic E-state index is 12.7. The maximum Gasteiger partial charge on any atom is 0.345 e. The van der Waals surface area contributed by atoms with Crippen LogP contribution in [-0.2, 0) is 21.0 Å². The Balaban J connectivity index is 1.33. The predicted molar refractivity (Wildman–Crippen MR) is 92.7 cm³/mol. The third kappa shape index (κ3) is 3.44. The average molecular weight is 357 g/mol. The zero-order chi connectivity index (χ0) is 18.1. The van der Waals surface area contributed by atoms with Crippen molar-refractivity contribution in [2.45, 2.75) is 44.4 Å². The van der Waals surface area contributed by atoms with Gasteiger partial charge in [-0.3, -0.25) is 14.4 Å². The van der Waals surface area contributed by atoms with Gasteiger partial charge in [-0.2, -0.15) is 5.06 Å². The molecule has 2 bridgehead atoms. The Kier molecular flexibility index (Phi) is 4.63. The number of nitrogens with one attached hydrogen (secondary N) is 1. The molecule has 2 aliphatic heterocycles. The molecule has 26 heavy (non-hydrogen) atoms. The Morgan fingerprint density at radius 3 is 2.62 bits per heavy atom. The van der Waals surface area contributed by atoms with Crippen molar-refractivity contribution in [2.24, 2.45) is 5.92 Å². The lowest BCUT2D eigenvalue weighted by atomic mass is 10.0. The number of urea groups is 1. The third-order valence-electron chi connectivity index (χ3n) is 5.31. The largest absolute Gasteiger partial charge is 0.347 e. The molecule has 1 N–H and O–H groups in total. The summed E-state index contributed by atoms with van der Waals surface area (Å²) in [5, 5.41) is 4.12. The highest BCUT2D eigenvalue weighted by Gasteiger charge is 2.48. The third-order valence-corrected chi connectivity index (χ3v) is 5.31. The van der Waals surface area contributed by atoms with E-state index >= 15 is 0 Å². The van der Waals surface area contributed by atoms with Crippen LogP contribution in [0.3, 0.4) is 0 Å². The van der Waals surface area contributed by atoms with Crippen molar-refractivity contribution in [1.82, 2.24) is 15.3 Å². The fourth-order valence-corrected chi connectivity index (χ4v) is 3.63. The predicted octanol–water partition coefficient (Wildman–Crippen LogP) is 1.48.